The molecule has 20 heavy (non-hydrogen) atoms. The lowest BCUT2D eigenvalue weighted by Gasteiger charge is -2.20. The Bertz CT molecular complexity index is 513. The van der Waals surface area contributed by atoms with Crippen LogP contribution in [0.5, 0.6) is 0 Å². The molecule has 0 radical (unpaired) electrons. The summed E-state index contributed by atoms with van der Waals surface area (Å²) in [5.41, 5.74) is 3.40. The van der Waals surface area contributed by atoms with Crippen LogP contribution >= 0.6 is 0 Å². The third-order valence-electron chi connectivity index (χ3n) is 3.31. The molecule has 2 N–H and O–H groups in total. The fourth-order valence-electron chi connectivity index (χ4n) is 2.27. The second kappa shape index (κ2) is 7.80. The number of nitrogens with one attached hydrogen (secondary N) is 1. The van der Waals surface area contributed by atoms with Gasteiger partial charge in [0.15, 0.2) is 0 Å². The van der Waals surface area contributed by atoms with Crippen LogP contribution in [0.2, 0.25) is 0 Å². The minimum Gasteiger partial charge on any atom is -0.394 e. The molecule has 0 bridgehead atoms. The standard InChI is InChI=1S/C17H21NO2/c1-20-13-15-9-5-6-10-16(15)17(12-19)18-11-14-7-3-2-4-8-14/h2-10,17-19H,11-13H2,1H3. The average Bonchev–Trinajstić information content (AvgIpc) is 2.51. The first kappa shape index (κ1) is 14.7. The highest BCUT2D eigenvalue weighted by Gasteiger charge is 2.13. The van der Waals surface area contributed by atoms with E-state index < -0.39 is 0 Å². The topological polar surface area (TPSA) is 41.5 Å². The highest BCUT2D eigenvalue weighted by molar-refractivity contribution is 5.30. The summed E-state index contributed by atoms with van der Waals surface area (Å²) >= 11 is 0. The first-order chi connectivity index (χ1) is 9.85. The van der Waals surface area contributed by atoms with Crippen molar-refractivity contribution >= 4 is 0 Å². The first-order valence-corrected chi connectivity index (χ1v) is 6.80. The lowest BCUT2D eigenvalue weighted by atomic mass is 10.0. The van der Waals surface area contributed by atoms with E-state index in [0.717, 1.165) is 17.7 Å². The summed E-state index contributed by atoms with van der Waals surface area (Å²) in [6.07, 6.45) is 0. The Labute approximate surface area is 120 Å². The van der Waals surface area contributed by atoms with Crippen molar-refractivity contribution in [3.8, 4) is 0 Å². The fraction of sp³-hybridized carbons (Fsp3) is 0.294. The largest absolute Gasteiger partial charge is 0.394 e. The van der Waals surface area contributed by atoms with E-state index in [-0.39, 0.29) is 12.6 Å². The number of ether oxygens (including phenoxy) is 1. The lowest BCUT2D eigenvalue weighted by Crippen LogP contribution is -2.25. The Hall–Kier alpha value is -1.68. The van der Waals surface area contributed by atoms with E-state index in [0.29, 0.717) is 6.61 Å². The SMILES string of the molecule is COCc1ccccc1C(CO)NCc1ccccc1. The average molecular weight is 271 g/mol. The molecule has 0 fully saturated rings. The minimum atomic E-state index is -0.0819. The van der Waals surface area contributed by atoms with E-state index >= 15 is 0 Å². The van der Waals surface area contributed by atoms with Gasteiger partial charge in [-0.3, -0.25) is 0 Å². The van der Waals surface area contributed by atoms with Crippen LogP contribution in [0.3, 0.4) is 0 Å². The first-order valence-electron chi connectivity index (χ1n) is 6.80. The molecule has 0 heterocycles. The van der Waals surface area contributed by atoms with Crippen molar-refractivity contribution in [2.24, 2.45) is 0 Å². The van der Waals surface area contributed by atoms with Crippen LogP contribution < -0.4 is 5.32 Å². The molecule has 0 aromatic heterocycles. The van der Waals surface area contributed by atoms with Crippen LogP contribution in [0, 0.1) is 0 Å². The number of hydrogen-bond donors (Lipinski definition) is 2. The Morgan fingerprint density at radius 2 is 1.75 bits per heavy atom. The van der Waals surface area contributed by atoms with Crippen molar-refractivity contribution in [3.05, 3.63) is 71.3 Å². The van der Waals surface area contributed by atoms with Gasteiger partial charge < -0.3 is 15.2 Å². The van der Waals surface area contributed by atoms with E-state index in [1.807, 2.05) is 42.5 Å². The molecule has 0 aliphatic heterocycles. The van der Waals surface area contributed by atoms with Gasteiger partial charge in [-0.2, -0.15) is 0 Å². The second-order valence-corrected chi connectivity index (χ2v) is 4.73. The van der Waals surface area contributed by atoms with E-state index in [1.165, 1.54) is 5.56 Å². The third kappa shape index (κ3) is 3.90. The Kier molecular flexibility index (Phi) is 5.74. The van der Waals surface area contributed by atoms with E-state index in [4.69, 9.17) is 4.74 Å². The molecule has 1 unspecified atom stereocenters. The number of rotatable bonds is 7. The van der Waals surface area contributed by atoms with Gasteiger partial charge in [0.1, 0.15) is 0 Å². The summed E-state index contributed by atoms with van der Waals surface area (Å²) in [5.74, 6) is 0. The van der Waals surface area contributed by atoms with Gasteiger partial charge in [-0.15, -0.1) is 0 Å². The van der Waals surface area contributed by atoms with E-state index in [1.54, 1.807) is 7.11 Å². The van der Waals surface area contributed by atoms with Gasteiger partial charge in [0, 0.05) is 13.7 Å². The summed E-state index contributed by atoms with van der Waals surface area (Å²) < 4.78 is 5.22. The quantitative estimate of drug-likeness (QED) is 0.813. The molecule has 2 rings (SSSR count). The van der Waals surface area contributed by atoms with Gasteiger partial charge in [-0.05, 0) is 16.7 Å². The number of aliphatic hydroxyl groups excluding tert-OH is 1. The summed E-state index contributed by atoms with van der Waals surface area (Å²) in [5, 5.41) is 13.0. The lowest BCUT2D eigenvalue weighted by molar-refractivity contribution is 0.181. The molecule has 2 aromatic rings. The van der Waals surface area contributed by atoms with Gasteiger partial charge in [0.2, 0.25) is 0 Å². The Morgan fingerprint density at radius 1 is 1.05 bits per heavy atom. The van der Waals surface area contributed by atoms with Gasteiger partial charge in [-0.1, -0.05) is 54.6 Å². The fourth-order valence-corrected chi connectivity index (χ4v) is 2.27. The number of benzene rings is 2. The van der Waals surface area contributed by atoms with E-state index in [9.17, 15) is 5.11 Å². The molecular weight excluding hydrogens is 250 g/mol. The maximum atomic E-state index is 9.65. The summed E-state index contributed by atoms with van der Waals surface area (Å²) in [6, 6.07) is 18.1. The maximum Gasteiger partial charge on any atom is 0.0716 e. The summed E-state index contributed by atoms with van der Waals surface area (Å²) in [7, 11) is 1.68. The molecule has 3 heteroatoms. The molecule has 0 saturated heterocycles. The van der Waals surface area contributed by atoms with Gasteiger partial charge in [0.25, 0.3) is 0 Å². The number of hydrogen-bond acceptors (Lipinski definition) is 3. The predicted octanol–water partition coefficient (Wildman–Crippen LogP) is 2.66. The second-order valence-electron chi connectivity index (χ2n) is 4.73. The normalized spacial score (nSPS) is 12.3. The maximum absolute atomic E-state index is 9.65. The smallest absolute Gasteiger partial charge is 0.0716 e. The van der Waals surface area contributed by atoms with Crippen LogP contribution in [-0.4, -0.2) is 18.8 Å². The molecule has 0 spiro atoms. The monoisotopic (exact) mass is 271 g/mol. The summed E-state index contributed by atoms with van der Waals surface area (Å²) in [4.78, 5) is 0. The highest BCUT2D eigenvalue weighted by atomic mass is 16.5. The van der Waals surface area contributed by atoms with Crippen LogP contribution in [-0.2, 0) is 17.9 Å². The predicted molar refractivity (Wildman–Crippen MR) is 80.3 cm³/mol. The van der Waals surface area contributed by atoms with Crippen molar-refractivity contribution < 1.29 is 9.84 Å². The highest BCUT2D eigenvalue weighted by Crippen LogP contribution is 2.19. The Morgan fingerprint density at radius 3 is 2.45 bits per heavy atom. The zero-order chi connectivity index (χ0) is 14.2. The minimum absolute atomic E-state index is 0.0631. The van der Waals surface area contributed by atoms with Gasteiger partial charge >= 0.3 is 0 Å². The molecular formula is C17H21NO2. The summed E-state index contributed by atoms with van der Waals surface area (Å²) in [6.45, 7) is 1.35. The molecule has 1 atom stereocenters. The number of aliphatic hydroxyl groups is 1. The van der Waals surface area contributed by atoms with Crippen molar-refractivity contribution in [3.63, 3.8) is 0 Å². The molecule has 3 nitrogen and oxygen atoms in total. The van der Waals surface area contributed by atoms with Crippen LogP contribution in [0.4, 0.5) is 0 Å². The Balaban J connectivity index is 2.08. The van der Waals surface area contributed by atoms with Gasteiger partial charge in [0.05, 0.1) is 19.3 Å². The number of methoxy groups -OCH3 is 1. The van der Waals surface area contributed by atoms with Gasteiger partial charge in [-0.25, -0.2) is 0 Å². The van der Waals surface area contributed by atoms with Crippen LogP contribution in [0.1, 0.15) is 22.7 Å². The molecule has 0 aliphatic carbocycles. The molecule has 0 amide bonds. The zero-order valence-corrected chi connectivity index (χ0v) is 11.8. The van der Waals surface area contributed by atoms with Crippen molar-refractivity contribution in [1.29, 1.82) is 0 Å². The zero-order valence-electron chi connectivity index (χ0n) is 11.8. The van der Waals surface area contributed by atoms with Crippen LogP contribution in [0.15, 0.2) is 54.6 Å². The molecule has 0 aliphatic rings. The van der Waals surface area contributed by atoms with Crippen molar-refractivity contribution in [2.75, 3.05) is 13.7 Å². The van der Waals surface area contributed by atoms with Crippen molar-refractivity contribution in [2.45, 2.75) is 19.2 Å². The molecule has 106 valence electrons. The molecule has 2 aromatic carbocycles. The van der Waals surface area contributed by atoms with E-state index in [2.05, 4.69) is 17.4 Å². The van der Waals surface area contributed by atoms with Crippen molar-refractivity contribution in [1.82, 2.24) is 5.32 Å². The van der Waals surface area contributed by atoms with Crippen LogP contribution in [0.25, 0.3) is 0 Å². The third-order valence-corrected chi connectivity index (χ3v) is 3.31. The molecule has 0 saturated carbocycles.